The van der Waals surface area contributed by atoms with E-state index in [1.807, 2.05) is 54.2 Å². The summed E-state index contributed by atoms with van der Waals surface area (Å²) in [5, 5.41) is 1.60. The van der Waals surface area contributed by atoms with Gasteiger partial charge < -0.3 is 23.3 Å². The maximum absolute atomic E-state index is 13.4. The van der Waals surface area contributed by atoms with Gasteiger partial charge in [-0.25, -0.2) is 0 Å². The smallest absolute Gasteiger partial charge is 0.312 e. The third-order valence-electron chi connectivity index (χ3n) is 6.11. The molecule has 7 heteroatoms. The Kier molecular flexibility index (Phi) is 4.28. The second-order valence-corrected chi connectivity index (χ2v) is 7.77. The van der Waals surface area contributed by atoms with Gasteiger partial charge in [0.1, 0.15) is 17.2 Å². The standard InChI is InChI=1S/C24H22N2O5/c1-25-12-16(21-18(25)9-13(29-3)10-19(21)30-4)15-11-20(27)31-23-14-7-5-6-8-17(14)26(2)24(28)22(15)23/h5-10,12,15H,11H2,1-4H3/t15-/m0/s1. The molecule has 5 rings (SSSR count). The number of aryl methyl sites for hydroxylation is 2. The second kappa shape index (κ2) is 6.91. The lowest BCUT2D eigenvalue weighted by atomic mass is 9.85. The van der Waals surface area contributed by atoms with Gasteiger partial charge >= 0.3 is 5.97 Å². The minimum Gasteiger partial charge on any atom is -0.497 e. The highest BCUT2D eigenvalue weighted by molar-refractivity contribution is 5.96. The number of benzene rings is 2. The minimum atomic E-state index is -0.453. The first kappa shape index (κ1) is 19.2. The molecular weight excluding hydrogens is 396 g/mol. The molecule has 0 bridgehead atoms. The SMILES string of the molecule is COc1cc(OC)c2c([C@@H]3CC(=O)Oc4c3c(=O)n(C)c3ccccc43)cn(C)c2c1. The van der Waals surface area contributed by atoms with E-state index >= 15 is 0 Å². The summed E-state index contributed by atoms with van der Waals surface area (Å²) in [6.45, 7) is 0. The molecule has 7 nitrogen and oxygen atoms in total. The fourth-order valence-electron chi connectivity index (χ4n) is 4.63. The molecule has 0 fully saturated rings. The van der Waals surface area contributed by atoms with Crippen LogP contribution in [-0.4, -0.2) is 29.3 Å². The topological polar surface area (TPSA) is 71.7 Å². The molecule has 1 atom stereocenters. The number of para-hydroxylation sites is 1. The van der Waals surface area contributed by atoms with Gasteiger partial charge in [-0.05, 0) is 17.7 Å². The van der Waals surface area contributed by atoms with Crippen molar-refractivity contribution in [3.05, 3.63) is 64.1 Å². The Bertz CT molecular complexity index is 1430. The monoisotopic (exact) mass is 418 g/mol. The molecule has 0 spiro atoms. The normalized spacial score (nSPS) is 15.7. The molecule has 2 aromatic carbocycles. The molecule has 31 heavy (non-hydrogen) atoms. The van der Waals surface area contributed by atoms with Crippen molar-refractivity contribution in [1.29, 1.82) is 0 Å². The van der Waals surface area contributed by atoms with E-state index in [1.165, 1.54) is 0 Å². The van der Waals surface area contributed by atoms with Crippen molar-refractivity contribution < 1.29 is 19.0 Å². The van der Waals surface area contributed by atoms with E-state index in [4.69, 9.17) is 14.2 Å². The van der Waals surface area contributed by atoms with Crippen LogP contribution in [0, 0.1) is 0 Å². The van der Waals surface area contributed by atoms with Crippen molar-refractivity contribution in [1.82, 2.24) is 9.13 Å². The Morgan fingerprint density at radius 3 is 2.55 bits per heavy atom. The van der Waals surface area contributed by atoms with Gasteiger partial charge in [-0.15, -0.1) is 0 Å². The lowest BCUT2D eigenvalue weighted by Gasteiger charge is -2.26. The second-order valence-electron chi connectivity index (χ2n) is 7.77. The lowest BCUT2D eigenvalue weighted by molar-refractivity contribution is -0.135. The third kappa shape index (κ3) is 2.73. The highest BCUT2D eigenvalue weighted by atomic mass is 16.5. The van der Waals surface area contributed by atoms with Gasteiger partial charge in [0.25, 0.3) is 5.56 Å². The Hall–Kier alpha value is -3.74. The number of nitrogens with zero attached hydrogens (tertiary/aromatic N) is 2. The van der Waals surface area contributed by atoms with Crippen molar-refractivity contribution in [3.63, 3.8) is 0 Å². The molecule has 1 aliphatic heterocycles. The number of carbonyl (C=O) groups excluding carboxylic acids is 1. The van der Waals surface area contributed by atoms with Crippen LogP contribution in [0.25, 0.3) is 21.8 Å². The molecule has 2 aromatic heterocycles. The molecule has 3 heterocycles. The number of pyridine rings is 1. The summed E-state index contributed by atoms with van der Waals surface area (Å²) in [5.41, 5.74) is 2.79. The number of aromatic nitrogens is 2. The zero-order chi connectivity index (χ0) is 21.9. The summed E-state index contributed by atoms with van der Waals surface area (Å²) in [4.78, 5) is 26.1. The van der Waals surface area contributed by atoms with E-state index < -0.39 is 5.92 Å². The van der Waals surface area contributed by atoms with Crippen molar-refractivity contribution in [3.8, 4) is 17.2 Å². The quantitative estimate of drug-likeness (QED) is 0.477. The molecule has 0 aliphatic carbocycles. The Morgan fingerprint density at radius 1 is 1.03 bits per heavy atom. The lowest BCUT2D eigenvalue weighted by Crippen LogP contribution is -2.31. The Labute approximate surface area is 178 Å². The van der Waals surface area contributed by atoms with Gasteiger partial charge in [0.05, 0.1) is 37.2 Å². The maximum atomic E-state index is 13.4. The van der Waals surface area contributed by atoms with Crippen LogP contribution in [0.3, 0.4) is 0 Å². The predicted octanol–water partition coefficient (Wildman–Crippen LogP) is 3.49. The number of rotatable bonds is 3. The summed E-state index contributed by atoms with van der Waals surface area (Å²) < 4.78 is 20.3. The zero-order valence-corrected chi connectivity index (χ0v) is 17.8. The van der Waals surface area contributed by atoms with Gasteiger partial charge in [-0.2, -0.15) is 0 Å². The van der Waals surface area contributed by atoms with Crippen molar-refractivity contribution in [2.75, 3.05) is 14.2 Å². The van der Waals surface area contributed by atoms with Crippen LogP contribution in [-0.2, 0) is 18.9 Å². The fraction of sp³-hybridized carbons (Fsp3) is 0.250. The number of fused-ring (bicyclic) bond motifs is 4. The Morgan fingerprint density at radius 2 is 1.81 bits per heavy atom. The van der Waals surface area contributed by atoms with Gasteiger partial charge in [0, 0.05) is 49.1 Å². The van der Waals surface area contributed by atoms with E-state index in [9.17, 15) is 9.59 Å². The van der Waals surface area contributed by atoms with Crippen LogP contribution in [0.1, 0.15) is 23.5 Å². The van der Waals surface area contributed by atoms with Crippen LogP contribution >= 0.6 is 0 Å². The summed E-state index contributed by atoms with van der Waals surface area (Å²) in [6.07, 6.45) is 2.03. The molecule has 158 valence electrons. The molecule has 0 N–H and O–H groups in total. The molecule has 0 saturated heterocycles. The molecular formula is C24H22N2O5. The first-order chi connectivity index (χ1) is 14.9. The van der Waals surface area contributed by atoms with Crippen LogP contribution in [0.4, 0.5) is 0 Å². The molecule has 0 unspecified atom stereocenters. The summed E-state index contributed by atoms with van der Waals surface area (Å²) in [5.74, 6) is 0.834. The van der Waals surface area contributed by atoms with E-state index in [2.05, 4.69) is 0 Å². The van der Waals surface area contributed by atoms with Crippen LogP contribution < -0.4 is 19.8 Å². The number of carbonyl (C=O) groups is 1. The molecule has 0 saturated carbocycles. The zero-order valence-electron chi connectivity index (χ0n) is 17.8. The number of ether oxygens (including phenoxy) is 3. The number of hydrogen-bond donors (Lipinski definition) is 0. The van der Waals surface area contributed by atoms with Gasteiger partial charge in [-0.3, -0.25) is 9.59 Å². The first-order valence-electron chi connectivity index (χ1n) is 9.97. The van der Waals surface area contributed by atoms with Crippen LogP contribution in [0.5, 0.6) is 17.2 Å². The molecule has 4 aromatic rings. The largest absolute Gasteiger partial charge is 0.497 e. The van der Waals surface area contributed by atoms with E-state index in [0.717, 1.165) is 27.4 Å². The molecule has 0 radical (unpaired) electrons. The molecule has 0 amide bonds. The summed E-state index contributed by atoms with van der Waals surface area (Å²) >= 11 is 0. The van der Waals surface area contributed by atoms with Gasteiger partial charge in [0.15, 0.2) is 0 Å². The van der Waals surface area contributed by atoms with E-state index in [1.54, 1.807) is 25.8 Å². The highest BCUT2D eigenvalue weighted by Gasteiger charge is 2.35. The Balaban J connectivity index is 1.86. The third-order valence-corrected chi connectivity index (χ3v) is 6.11. The van der Waals surface area contributed by atoms with Gasteiger partial charge in [0.2, 0.25) is 0 Å². The molecule has 1 aliphatic rings. The van der Waals surface area contributed by atoms with Crippen molar-refractivity contribution in [2.45, 2.75) is 12.3 Å². The average molecular weight is 418 g/mol. The first-order valence-corrected chi connectivity index (χ1v) is 9.97. The number of methoxy groups -OCH3 is 2. The minimum absolute atomic E-state index is 0.0783. The fourth-order valence-corrected chi connectivity index (χ4v) is 4.63. The van der Waals surface area contributed by atoms with E-state index in [0.29, 0.717) is 22.8 Å². The van der Waals surface area contributed by atoms with E-state index in [-0.39, 0.29) is 17.9 Å². The summed E-state index contributed by atoms with van der Waals surface area (Å²) in [6, 6.07) is 11.2. The van der Waals surface area contributed by atoms with Crippen LogP contribution in [0.15, 0.2) is 47.4 Å². The van der Waals surface area contributed by atoms with Crippen molar-refractivity contribution >= 4 is 27.8 Å². The van der Waals surface area contributed by atoms with Crippen molar-refractivity contribution in [2.24, 2.45) is 14.1 Å². The number of esters is 1. The highest BCUT2D eigenvalue weighted by Crippen LogP contribution is 2.45. The van der Waals surface area contributed by atoms with Gasteiger partial charge in [-0.1, -0.05) is 12.1 Å². The predicted molar refractivity (Wildman–Crippen MR) is 117 cm³/mol. The average Bonchev–Trinajstić information content (AvgIpc) is 3.12. The maximum Gasteiger partial charge on any atom is 0.312 e. The van der Waals surface area contributed by atoms with Crippen LogP contribution in [0.2, 0.25) is 0 Å². The number of hydrogen-bond acceptors (Lipinski definition) is 5. The summed E-state index contributed by atoms with van der Waals surface area (Å²) in [7, 11) is 6.87.